The van der Waals surface area contributed by atoms with E-state index < -0.39 is 0 Å². The number of para-hydroxylation sites is 2. The lowest BCUT2D eigenvalue weighted by atomic mass is 10.2. The molecule has 0 unspecified atom stereocenters. The zero-order valence-electron chi connectivity index (χ0n) is 10.8. The summed E-state index contributed by atoms with van der Waals surface area (Å²) in [6.07, 6.45) is 1.05. The van der Waals surface area contributed by atoms with Gasteiger partial charge in [0.15, 0.2) is 0 Å². The fraction of sp³-hybridized carbons (Fsp3) is 0.267. The predicted octanol–water partition coefficient (Wildman–Crippen LogP) is 3.27. The molecular weight excluding hydrogens is 256 g/mol. The summed E-state index contributed by atoms with van der Waals surface area (Å²) in [7, 11) is 0. The number of carbonyl (C=O) groups is 1. The number of nitrogens with zero attached hydrogens (tertiary/aromatic N) is 1. The highest BCUT2D eigenvalue weighted by Gasteiger charge is 2.23. The number of thiophene rings is 1. The number of nitrogens with one attached hydrogen (secondary N) is 1. The minimum atomic E-state index is 0.130. The van der Waals surface area contributed by atoms with E-state index in [1.807, 2.05) is 29.2 Å². The van der Waals surface area contributed by atoms with Crippen molar-refractivity contribution >= 4 is 28.6 Å². The Kier molecular flexibility index (Phi) is 3.25. The van der Waals surface area contributed by atoms with Crippen molar-refractivity contribution in [3.05, 3.63) is 46.2 Å². The van der Waals surface area contributed by atoms with Gasteiger partial charge >= 0.3 is 0 Å². The summed E-state index contributed by atoms with van der Waals surface area (Å²) in [5.74, 6) is 0.130. The SMILES string of the molecule is CCc1ccc(CN2C(=O)CNc3ccccc32)s1. The summed E-state index contributed by atoms with van der Waals surface area (Å²) < 4.78 is 0. The van der Waals surface area contributed by atoms with Crippen molar-refractivity contribution in [2.24, 2.45) is 0 Å². The Hall–Kier alpha value is -1.81. The molecule has 0 fully saturated rings. The van der Waals surface area contributed by atoms with Crippen molar-refractivity contribution in [1.82, 2.24) is 0 Å². The number of anilines is 2. The van der Waals surface area contributed by atoms with Crippen molar-refractivity contribution in [3.8, 4) is 0 Å². The molecule has 0 radical (unpaired) electrons. The lowest BCUT2D eigenvalue weighted by Gasteiger charge is -2.29. The summed E-state index contributed by atoms with van der Waals surface area (Å²) in [5, 5.41) is 3.16. The molecular formula is C15H16N2OS. The Morgan fingerprint density at radius 2 is 2.00 bits per heavy atom. The van der Waals surface area contributed by atoms with E-state index in [1.165, 1.54) is 9.75 Å². The molecule has 0 aliphatic carbocycles. The van der Waals surface area contributed by atoms with Crippen LogP contribution in [0.25, 0.3) is 0 Å². The van der Waals surface area contributed by atoms with Crippen LogP contribution in [-0.2, 0) is 17.8 Å². The van der Waals surface area contributed by atoms with E-state index in [4.69, 9.17) is 0 Å². The minimum absolute atomic E-state index is 0.130. The molecule has 2 heterocycles. The first kappa shape index (κ1) is 12.2. The van der Waals surface area contributed by atoms with Crippen LogP contribution in [0.15, 0.2) is 36.4 Å². The van der Waals surface area contributed by atoms with Gasteiger partial charge in [-0.25, -0.2) is 0 Å². The molecule has 0 bridgehead atoms. The van der Waals surface area contributed by atoms with Gasteiger partial charge in [-0.1, -0.05) is 19.1 Å². The Labute approximate surface area is 116 Å². The van der Waals surface area contributed by atoms with E-state index in [1.54, 1.807) is 11.3 Å². The van der Waals surface area contributed by atoms with E-state index in [-0.39, 0.29) is 5.91 Å². The van der Waals surface area contributed by atoms with E-state index in [0.29, 0.717) is 13.1 Å². The molecule has 1 aromatic heterocycles. The Bertz CT molecular complexity index is 606. The van der Waals surface area contributed by atoms with Crippen molar-refractivity contribution < 1.29 is 4.79 Å². The lowest BCUT2D eigenvalue weighted by molar-refractivity contribution is -0.117. The first-order chi connectivity index (χ1) is 9.28. The van der Waals surface area contributed by atoms with E-state index in [2.05, 4.69) is 24.4 Å². The van der Waals surface area contributed by atoms with Crippen molar-refractivity contribution in [3.63, 3.8) is 0 Å². The van der Waals surface area contributed by atoms with Gasteiger partial charge in [0.1, 0.15) is 0 Å². The molecule has 19 heavy (non-hydrogen) atoms. The smallest absolute Gasteiger partial charge is 0.246 e. The van der Waals surface area contributed by atoms with Crippen LogP contribution in [0.2, 0.25) is 0 Å². The zero-order chi connectivity index (χ0) is 13.2. The summed E-state index contributed by atoms with van der Waals surface area (Å²) in [4.78, 5) is 16.6. The first-order valence-corrected chi connectivity index (χ1v) is 7.30. The molecule has 4 heteroatoms. The summed E-state index contributed by atoms with van der Waals surface area (Å²) in [5.41, 5.74) is 2.01. The molecule has 0 saturated carbocycles. The van der Waals surface area contributed by atoms with Crippen molar-refractivity contribution in [1.29, 1.82) is 0 Å². The molecule has 0 saturated heterocycles. The molecule has 1 amide bonds. The van der Waals surface area contributed by atoms with Crippen LogP contribution in [0, 0.1) is 0 Å². The second kappa shape index (κ2) is 5.05. The largest absolute Gasteiger partial charge is 0.374 e. The summed E-state index contributed by atoms with van der Waals surface area (Å²) in [6, 6.07) is 12.2. The molecule has 2 aromatic rings. The number of aryl methyl sites for hydroxylation is 1. The van der Waals surface area contributed by atoms with Crippen LogP contribution in [-0.4, -0.2) is 12.5 Å². The van der Waals surface area contributed by atoms with Gasteiger partial charge in [0.2, 0.25) is 5.91 Å². The molecule has 3 nitrogen and oxygen atoms in total. The highest BCUT2D eigenvalue weighted by atomic mass is 32.1. The second-order valence-electron chi connectivity index (χ2n) is 4.57. The van der Waals surface area contributed by atoms with Crippen LogP contribution < -0.4 is 10.2 Å². The topological polar surface area (TPSA) is 32.3 Å². The number of benzene rings is 1. The molecule has 1 N–H and O–H groups in total. The third-order valence-electron chi connectivity index (χ3n) is 3.31. The number of hydrogen-bond acceptors (Lipinski definition) is 3. The maximum Gasteiger partial charge on any atom is 0.246 e. The standard InChI is InChI=1S/C15H16N2OS/c1-2-11-7-8-12(19-11)10-17-14-6-4-3-5-13(14)16-9-15(17)18/h3-8,16H,2,9-10H2,1H3. The molecule has 0 spiro atoms. The van der Waals surface area contributed by atoms with Gasteiger partial charge in [0.25, 0.3) is 0 Å². The van der Waals surface area contributed by atoms with Gasteiger partial charge < -0.3 is 10.2 Å². The van der Waals surface area contributed by atoms with E-state index >= 15 is 0 Å². The van der Waals surface area contributed by atoms with Crippen LogP contribution in [0.3, 0.4) is 0 Å². The maximum atomic E-state index is 12.1. The van der Waals surface area contributed by atoms with Gasteiger partial charge in [-0.2, -0.15) is 0 Å². The average molecular weight is 272 g/mol. The summed E-state index contributed by atoms with van der Waals surface area (Å²) >= 11 is 1.79. The monoisotopic (exact) mass is 272 g/mol. The van der Waals surface area contributed by atoms with Gasteiger partial charge in [0, 0.05) is 9.75 Å². The number of carbonyl (C=O) groups excluding carboxylic acids is 1. The number of rotatable bonds is 3. The van der Waals surface area contributed by atoms with Gasteiger partial charge in [0.05, 0.1) is 24.5 Å². The normalized spacial score (nSPS) is 14.2. The molecule has 1 aliphatic heterocycles. The number of amides is 1. The van der Waals surface area contributed by atoms with Crippen LogP contribution in [0.4, 0.5) is 11.4 Å². The number of fused-ring (bicyclic) bond motifs is 1. The molecule has 98 valence electrons. The fourth-order valence-corrected chi connectivity index (χ4v) is 3.23. The quantitative estimate of drug-likeness (QED) is 0.930. The van der Waals surface area contributed by atoms with Gasteiger partial charge in [-0.15, -0.1) is 11.3 Å². The Balaban J connectivity index is 1.89. The van der Waals surface area contributed by atoms with Crippen LogP contribution >= 0.6 is 11.3 Å². The third-order valence-corrected chi connectivity index (χ3v) is 4.52. The minimum Gasteiger partial charge on any atom is -0.374 e. The van der Waals surface area contributed by atoms with Gasteiger partial charge in [-0.05, 0) is 30.7 Å². The summed E-state index contributed by atoms with van der Waals surface area (Å²) in [6.45, 7) is 3.20. The van der Waals surface area contributed by atoms with Gasteiger partial charge in [-0.3, -0.25) is 4.79 Å². The maximum absolute atomic E-state index is 12.1. The molecule has 0 atom stereocenters. The number of hydrogen-bond donors (Lipinski definition) is 1. The Morgan fingerprint density at radius 3 is 2.79 bits per heavy atom. The third kappa shape index (κ3) is 2.36. The molecule has 1 aromatic carbocycles. The zero-order valence-corrected chi connectivity index (χ0v) is 11.7. The second-order valence-corrected chi connectivity index (χ2v) is 5.83. The van der Waals surface area contributed by atoms with E-state index in [0.717, 1.165) is 17.8 Å². The average Bonchev–Trinajstić information content (AvgIpc) is 2.90. The molecule has 3 rings (SSSR count). The van der Waals surface area contributed by atoms with E-state index in [9.17, 15) is 4.79 Å². The molecule has 1 aliphatic rings. The highest BCUT2D eigenvalue weighted by molar-refractivity contribution is 7.12. The first-order valence-electron chi connectivity index (χ1n) is 6.49. The van der Waals surface area contributed by atoms with Crippen molar-refractivity contribution in [2.75, 3.05) is 16.8 Å². The Morgan fingerprint density at radius 1 is 1.21 bits per heavy atom. The predicted molar refractivity (Wildman–Crippen MR) is 79.8 cm³/mol. The highest BCUT2D eigenvalue weighted by Crippen LogP contribution is 2.31. The van der Waals surface area contributed by atoms with Crippen molar-refractivity contribution in [2.45, 2.75) is 19.9 Å². The van der Waals surface area contributed by atoms with Crippen LogP contribution in [0.5, 0.6) is 0 Å². The lowest BCUT2D eigenvalue weighted by Crippen LogP contribution is -2.39. The van der Waals surface area contributed by atoms with Crippen LogP contribution in [0.1, 0.15) is 16.7 Å². The fourth-order valence-electron chi connectivity index (χ4n) is 2.29.